The number of para-hydroxylation sites is 2. The highest BCUT2D eigenvalue weighted by atomic mass is 15.2. The lowest BCUT2D eigenvalue weighted by molar-refractivity contribution is 1.18. The maximum Gasteiger partial charge on any atom is 0.0562 e. The summed E-state index contributed by atoms with van der Waals surface area (Å²) in [4.78, 5) is 2.53. The number of fused-ring (bicyclic) bond motifs is 6. The van der Waals surface area contributed by atoms with Crippen molar-refractivity contribution in [1.29, 1.82) is 0 Å². The Kier molecular flexibility index (Phi) is 7.89. The predicted octanol–water partition coefficient (Wildman–Crippen LogP) is 16.1. The molecule has 10 aromatic carbocycles. The fraction of sp³-hybridized carbons (Fsp3) is 0. The van der Waals surface area contributed by atoms with Crippen LogP contribution in [0.5, 0.6) is 0 Å². The average Bonchev–Trinajstić information content (AvgIpc) is 3.84. The van der Waals surface area contributed by atoms with Gasteiger partial charge in [-0.3, -0.25) is 0 Å². The standard InChI is InChI=1S/C58H38N2/c1-3-18-39(19-4-1)43-24-7-8-25-44(43)41-22-15-23-42(38-41)59-53-33-14-12-29-51(53)58-55(59)34-17-35-56(58)60(52-32-13-11-26-45(52)40-20-5-2-6-21-40)54-37-36-49-47-28-10-9-27-46(47)48-30-16-31-50(54)57(48)49/h1-38H. The van der Waals surface area contributed by atoms with Gasteiger partial charge in [0.05, 0.1) is 28.1 Å². The van der Waals surface area contributed by atoms with Crippen LogP contribution in [0.1, 0.15) is 0 Å². The Morgan fingerprint density at radius 3 is 1.53 bits per heavy atom. The molecule has 1 aromatic heterocycles. The van der Waals surface area contributed by atoms with E-state index in [1.165, 1.54) is 82.7 Å². The van der Waals surface area contributed by atoms with Gasteiger partial charge in [-0.1, -0.05) is 188 Å². The average molecular weight is 763 g/mol. The molecule has 0 radical (unpaired) electrons. The summed E-state index contributed by atoms with van der Waals surface area (Å²) in [6.07, 6.45) is 0. The van der Waals surface area contributed by atoms with E-state index in [4.69, 9.17) is 0 Å². The molecule has 0 saturated carbocycles. The van der Waals surface area contributed by atoms with Gasteiger partial charge in [0, 0.05) is 27.4 Å². The minimum absolute atomic E-state index is 1.12. The van der Waals surface area contributed by atoms with Crippen LogP contribution in [0.3, 0.4) is 0 Å². The molecule has 2 heteroatoms. The van der Waals surface area contributed by atoms with Crippen molar-refractivity contribution in [2.24, 2.45) is 0 Å². The van der Waals surface area contributed by atoms with Gasteiger partial charge in [-0.15, -0.1) is 0 Å². The van der Waals surface area contributed by atoms with E-state index in [0.717, 1.165) is 28.3 Å². The normalized spacial score (nSPS) is 11.7. The maximum absolute atomic E-state index is 2.53. The van der Waals surface area contributed by atoms with Crippen LogP contribution in [-0.2, 0) is 0 Å². The molecule has 0 unspecified atom stereocenters. The monoisotopic (exact) mass is 762 g/mol. The summed E-state index contributed by atoms with van der Waals surface area (Å²) in [5.41, 5.74) is 19.2. The third-order valence-corrected chi connectivity index (χ3v) is 12.3. The van der Waals surface area contributed by atoms with E-state index < -0.39 is 0 Å². The van der Waals surface area contributed by atoms with E-state index >= 15 is 0 Å². The maximum atomic E-state index is 2.53. The van der Waals surface area contributed by atoms with Crippen LogP contribution < -0.4 is 4.90 Å². The molecule has 0 aliphatic heterocycles. The lowest BCUT2D eigenvalue weighted by Gasteiger charge is -2.30. The van der Waals surface area contributed by atoms with Gasteiger partial charge in [0.1, 0.15) is 0 Å². The zero-order valence-electron chi connectivity index (χ0n) is 32.8. The Morgan fingerprint density at radius 2 is 0.767 bits per heavy atom. The Balaban J connectivity index is 1.13. The van der Waals surface area contributed by atoms with Crippen molar-refractivity contribution < 1.29 is 0 Å². The van der Waals surface area contributed by atoms with Gasteiger partial charge in [-0.05, 0) is 97.9 Å². The van der Waals surface area contributed by atoms with E-state index in [9.17, 15) is 0 Å². The highest BCUT2D eigenvalue weighted by molar-refractivity contribution is 6.22. The molecule has 60 heavy (non-hydrogen) atoms. The van der Waals surface area contributed by atoms with E-state index in [-0.39, 0.29) is 0 Å². The summed E-state index contributed by atoms with van der Waals surface area (Å²) < 4.78 is 2.45. The lowest BCUT2D eigenvalue weighted by Crippen LogP contribution is -2.12. The Labute approximate surface area is 349 Å². The molecule has 11 aromatic rings. The summed E-state index contributed by atoms with van der Waals surface area (Å²) in [5, 5.41) is 4.95. The fourth-order valence-corrected chi connectivity index (χ4v) is 9.79. The highest BCUT2D eigenvalue weighted by Gasteiger charge is 2.28. The summed E-state index contributed by atoms with van der Waals surface area (Å²) in [5.74, 6) is 0. The summed E-state index contributed by atoms with van der Waals surface area (Å²) in [6.45, 7) is 0. The first-order chi connectivity index (χ1) is 29.8. The second kappa shape index (κ2) is 13.9. The minimum Gasteiger partial charge on any atom is -0.309 e. The van der Waals surface area contributed by atoms with Crippen molar-refractivity contribution in [3.05, 3.63) is 231 Å². The third-order valence-electron chi connectivity index (χ3n) is 12.3. The molecule has 0 saturated heterocycles. The van der Waals surface area contributed by atoms with Gasteiger partial charge in [-0.2, -0.15) is 0 Å². The van der Waals surface area contributed by atoms with Gasteiger partial charge < -0.3 is 9.47 Å². The van der Waals surface area contributed by atoms with Crippen molar-refractivity contribution in [2.45, 2.75) is 0 Å². The fourth-order valence-electron chi connectivity index (χ4n) is 9.79. The van der Waals surface area contributed by atoms with Crippen LogP contribution in [0, 0.1) is 0 Å². The molecule has 0 atom stereocenters. The lowest BCUT2D eigenvalue weighted by atomic mass is 9.94. The molecule has 1 aliphatic carbocycles. The van der Waals surface area contributed by atoms with Gasteiger partial charge in [-0.25, -0.2) is 0 Å². The topological polar surface area (TPSA) is 8.17 Å². The van der Waals surface area contributed by atoms with Gasteiger partial charge >= 0.3 is 0 Å². The third kappa shape index (κ3) is 5.28. The van der Waals surface area contributed by atoms with E-state index in [0.29, 0.717) is 0 Å². The van der Waals surface area contributed by atoms with E-state index in [1.807, 2.05) is 0 Å². The highest BCUT2D eigenvalue weighted by Crippen LogP contribution is 2.53. The van der Waals surface area contributed by atoms with Crippen molar-refractivity contribution in [2.75, 3.05) is 4.90 Å². The van der Waals surface area contributed by atoms with Crippen LogP contribution in [-0.4, -0.2) is 4.57 Å². The molecule has 280 valence electrons. The van der Waals surface area contributed by atoms with E-state index in [2.05, 4.69) is 240 Å². The number of benzene rings is 10. The summed E-state index contributed by atoms with van der Waals surface area (Å²) >= 11 is 0. The largest absolute Gasteiger partial charge is 0.309 e. The molecule has 0 bridgehead atoms. The van der Waals surface area contributed by atoms with Crippen LogP contribution in [0.4, 0.5) is 17.1 Å². The zero-order valence-corrected chi connectivity index (χ0v) is 32.8. The molecule has 2 nitrogen and oxygen atoms in total. The van der Waals surface area contributed by atoms with Crippen LogP contribution >= 0.6 is 0 Å². The first-order valence-corrected chi connectivity index (χ1v) is 20.7. The predicted molar refractivity (Wildman–Crippen MR) is 254 cm³/mol. The van der Waals surface area contributed by atoms with Crippen LogP contribution in [0.2, 0.25) is 0 Å². The zero-order chi connectivity index (χ0) is 39.6. The minimum atomic E-state index is 1.12. The number of anilines is 3. The van der Waals surface area contributed by atoms with Crippen molar-refractivity contribution in [3.63, 3.8) is 0 Å². The Bertz CT molecular complexity index is 3400. The Morgan fingerprint density at radius 1 is 0.267 bits per heavy atom. The van der Waals surface area contributed by atoms with Crippen molar-refractivity contribution in [1.82, 2.24) is 4.57 Å². The molecule has 0 amide bonds. The first kappa shape index (κ1) is 34.1. The second-order valence-corrected chi connectivity index (χ2v) is 15.6. The van der Waals surface area contributed by atoms with Gasteiger partial charge in [0.25, 0.3) is 0 Å². The van der Waals surface area contributed by atoms with Gasteiger partial charge in [0.15, 0.2) is 0 Å². The first-order valence-electron chi connectivity index (χ1n) is 20.7. The van der Waals surface area contributed by atoms with Crippen molar-refractivity contribution in [3.8, 4) is 61.3 Å². The van der Waals surface area contributed by atoms with Crippen molar-refractivity contribution >= 4 is 49.6 Å². The molecule has 12 rings (SSSR count). The van der Waals surface area contributed by atoms with Crippen LogP contribution in [0.15, 0.2) is 231 Å². The number of aromatic nitrogens is 1. The number of rotatable bonds is 7. The number of hydrogen-bond donors (Lipinski definition) is 0. The van der Waals surface area contributed by atoms with E-state index in [1.54, 1.807) is 0 Å². The molecule has 0 N–H and O–H groups in total. The smallest absolute Gasteiger partial charge is 0.0562 e. The quantitative estimate of drug-likeness (QED) is 0.157. The summed E-state index contributed by atoms with van der Waals surface area (Å²) in [6, 6.07) is 84.2. The summed E-state index contributed by atoms with van der Waals surface area (Å²) in [7, 11) is 0. The SMILES string of the molecule is c1ccc(-c2ccccc2-c2cccc(-n3c4ccccc4c4c(N(c5ccccc5-c5ccccc5)c5ccc6c7c(cccc57)-c5ccccc5-6)cccc43)c2)cc1. The van der Waals surface area contributed by atoms with Gasteiger partial charge in [0.2, 0.25) is 0 Å². The molecular formula is C58H38N2. The molecular weight excluding hydrogens is 725 g/mol. The number of nitrogens with zero attached hydrogens (tertiary/aromatic N) is 2. The Hall–Kier alpha value is -7.94. The second-order valence-electron chi connectivity index (χ2n) is 15.6. The molecule has 0 fully saturated rings. The molecule has 1 heterocycles. The van der Waals surface area contributed by atoms with Crippen LogP contribution in [0.25, 0.3) is 93.9 Å². The molecule has 1 aliphatic rings. The molecule has 0 spiro atoms. The number of hydrogen-bond acceptors (Lipinski definition) is 1.